The molecule has 0 saturated carbocycles. The van der Waals surface area contributed by atoms with Gasteiger partial charge < -0.3 is 10.2 Å². The summed E-state index contributed by atoms with van der Waals surface area (Å²) in [4.78, 5) is 26.8. The average molecular weight is 448 g/mol. The molecule has 0 aliphatic carbocycles. The van der Waals surface area contributed by atoms with Crippen molar-refractivity contribution in [2.45, 2.75) is 48.9 Å². The van der Waals surface area contributed by atoms with Crippen LogP contribution in [0.3, 0.4) is 0 Å². The molecule has 3 heterocycles. The van der Waals surface area contributed by atoms with Gasteiger partial charge in [-0.2, -0.15) is 4.31 Å². The van der Waals surface area contributed by atoms with Crippen molar-refractivity contribution in [2.24, 2.45) is 0 Å². The summed E-state index contributed by atoms with van der Waals surface area (Å²) in [5.74, 6) is -0.158. The van der Waals surface area contributed by atoms with Crippen molar-refractivity contribution < 1.29 is 18.0 Å². The number of thiophene rings is 1. The topological polar surface area (TPSA) is 86.8 Å². The van der Waals surface area contributed by atoms with Crippen LogP contribution in [0.25, 0.3) is 0 Å². The zero-order valence-electron chi connectivity index (χ0n) is 16.6. The van der Waals surface area contributed by atoms with Crippen LogP contribution in [0.2, 0.25) is 0 Å². The Morgan fingerprint density at radius 1 is 1.13 bits per heavy atom. The number of benzene rings is 1. The lowest BCUT2D eigenvalue weighted by molar-refractivity contribution is -0.133. The first kappa shape index (κ1) is 21.0. The van der Waals surface area contributed by atoms with E-state index >= 15 is 0 Å². The number of carbonyl (C=O) groups is 2. The fraction of sp³-hybridized carbons (Fsp3) is 0.429. The molecule has 2 aliphatic heterocycles. The second-order valence-corrected chi connectivity index (χ2v) is 10.7. The normalized spacial score (nSPS) is 20.5. The molecule has 9 heteroatoms. The second kappa shape index (κ2) is 8.87. The molecule has 0 spiro atoms. The van der Waals surface area contributed by atoms with E-state index in [1.54, 1.807) is 23.6 Å². The largest absolute Gasteiger partial charge is 0.338 e. The van der Waals surface area contributed by atoms with Crippen molar-refractivity contribution in [1.82, 2.24) is 9.21 Å². The minimum Gasteiger partial charge on any atom is -0.338 e. The van der Waals surface area contributed by atoms with Gasteiger partial charge in [-0.05, 0) is 54.8 Å². The van der Waals surface area contributed by atoms with Gasteiger partial charge in [-0.1, -0.05) is 18.2 Å². The van der Waals surface area contributed by atoms with E-state index in [1.807, 2.05) is 23.1 Å². The number of nitrogens with one attached hydrogen (secondary N) is 1. The third-order valence-electron chi connectivity index (χ3n) is 5.55. The van der Waals surface area contributed by atoms with Gasteiger partial charge in [0.05, 0.1) is 0 Å². The highest BCUT2D eigenvalue weighted by Gasteiger charge is 2.39. The quantitative estimate of drug-likeness (QED) is 0.737. The van der Waals surface area contributed by atoms with Gasteiger partial charge in [0.2, 0.25) is 11.8 Å². The Hall–Kier alpha value is -2.23. The van der Waals surface area contributed by atoms with E-state index in [4.69, 9.17) is 0 Å². The van der Waals surface area contributed by atoms with Gasteiger partial charge in [-0.3, -0.25) is 9.59 Å². The molecule has 1 aromatic carbocycles. The molecular formula is C21H25N3O4S2. The summed E-state index contributed by atoms with van der Waals surface area (Å²) in [6, 6.07) is 9.96. The molecule has 2 fully saturated rings. The third kappa shape index (κ3) is 4.43. The van der Waals surface area contributed by atoms with Crippen LogP contribution in [-0.2, 0) is 26.2 Å². The van der Waals surface area contributed by atoms with Gasteiger partial charge in [0.15, 0.2) is 0 Å². The van der Waals surface area contributed by atoms with Crippen LogP contribution in [0.15, 0.2) is 46.0 Å². The van der Waals surface area contributed by atoms with Crippen LogP contribution < -0.4 is 5.32 Å². The summed E-state index contributed by atoms with van der Waals surface area (Å²) in [7, 11) is -3.67. The van der Waals surface area contributed by atoms with Crippen molar-refractivity contribution in [3.63, 3.8) is 0 Å². The van der Waals surface area contributed by atoms with Crippen LogP contribution in [-0.4, -0.2) is 48.6 Å². The molecule has 160 valence electrons. The molecule has 1 atom stereocenters. The van der Waals surface area contributed by atoms with Gasteiger partial charge in [0.1, 0.15) is 10.3 Å². The van der Waals surface area contributed by atoms with Crippen molar-refractivity contribution in [3.05, 3.63) is 47.3 Å². The first-order valence-electron chi connectivity index (χ1n) is 10.2. The van der Waals surface area contributed by atoms with E-state index in [9.17, 15) is 18.0 Å². The predicted molar refractivity (Wildman–Crippen MR) is 116 cm³/mol. The van der Waals surface area contributed by atoms with Gasteiger partial charge >= 0.3 is 0 Å². The van der Waals surface area contributed by atoms with Crippen LogP contribution in [0.1, 0.15) is 37.7 Å². The number of piperidine rings is 1. The van der Waals surface area contributed by atoms with E-state index in [1.165, 1.54) is 4.31 Å². The van der Waals surface area contributed by atoms with E-state index in [0.29, 0.717) is 38.0 Å². The Morgan fingerprint density at radius 2 is 2.00 bits per heavy atom. The Kier molecular flexibility index (Phi) is 6.21. The summed E-state index contributed by atoms with van der Waals surface area (Å²) < 4.78 is 27.3. The maximum atomic E-state index is 12.9. The highest BCUT2D eigenvalue weighted by atomic mass is 32.2. The molecule has 1 unspecified atom stereocenters. The minimum atomic E-state index is -3.67. The summed E-state index contributed by atoms with van der Waals surface area (Å²) in [5, 5.41) is 4.59. The standard InChI is InChI=1S/C21H25N3O4S2/c25-19-9-1-2-11-23(19)15-16-6-3-7-17(14-16)22-21(26)18-8-4-12-24(18)30(27,28)20-10-5-13-29-20/h3,5-7,10,13-14,18H,1-2,4,8-9,11-12,15H2,(H,22,26). The second-order valence-electron chi connectivity index (χ2n) is 7.67. The molecule has 0 bridgehead atoms. The number of hydrogen-bond donors (Lipinski definition) is 1. The van der Waals surface area contributed by atoms with Gasteiger partial charge in [0.25, 0.3) is 10.0 Å². The van der Waals surface area contributed by atoms with Crippen LogP contribution in [0.5, 0.6) is 0 Å². The molecule has 1 N–H and O–H groups in total. The maximum Gasteiger partial charge on any atom is 0.253 e. The molecule has 2 amide bonds. The van der Waals surface area contributed by atoms with Gasteiger partial charge in [-0.15, -0.1) is 11.3 Å². The first-order chi connectivity index (χ1) is 14.4. The van der Waals surface area contributed by atoms with E-state index in [-0.39, 0.29) is 16.0 Å². The van der Waals surface area contributed by atoms with Gasteiger partial charge in [0, 0.05) is 31.7 Å². The van der Waals surface area contributed by atoms with Crippen LogP contribution in [0, 0.1) is 0 Å². The number of likely N-dealkylation sites (tertiary alicyclic amines) is 1. The molecule has 30 heavy (non-hydrogen) atoms. The molecule has 4 rings (SSSR count). The fourth-order valence-corrected chi connectivity index (χ4v) is 6.81. The molecule has 2 aromatic rings. The Balaban J connectivity index is 1.45. The third-order valence-corrected chi connectivity index (χ3v) is 8.83. The smallest absolute Gasteiger partial charge is 0.253 e. The summed E-state index contributed by atoms with van der Waals surface area (Å²) in [6.45, 7) is 1.62. The molecule has 1 aromatic heterocycles. The monoisotopic (exact) mass is 447 g/mol. The number of rotatable bonds is 6. The Labute approximate surface area is 180 Å². The lowest BCUT2D eigenvalue weighted by Crippen LogP contribution is -2.42. The highest BCUT2D eigenvalue weighted by Crippen LogP contribution is 2.29. The van der Waals surface area contributed by atoms with E-state index < -0.39 is 16.1 Å². The molecular weight excluding hydrogens is 422 g/mol. The number of anilines is 1. The molecule has 2 saturated heterocycles. The van der Waals surface area contributed by atoms with Crippen LogP contribution >= 0.6 is 11.3 Å². The molecule has 0 radical (unpaired) electrons. The average Bonchev–Trinajstić information content (AvgIpc) is 3.43. The number of nitrogens with zero attached hydrogens (tertiary/aromatic N) is 2. The zero-order valence-corrected chi connectivity index (χ0v) is 18.3. The summed E-state index contributed by atoms with van der Waals surface area (Å²) in [5.41, 5.74) is 1.56. The maximum absolute atomic E-state index is 12.9. The van der Waals surface area contributed by atoms with Gasteiger partial charge in [-0.25, -0.2) is 8.42 Å². The number of hydrogen-bond acceptors (Lipinski definition) is 5. The first-order valence-corrected chi connectivity index (χ1v) is 12.5. The Bertz CT molecular complexity index is 1020. The number of amides is 2. The minimum absolute atomic E-state index is 0.163. The summed E-state index contributed by atoms with van der Waals surface area (Å²) in [6.07, 6.45) is 3.70. The summed E-state index contributed by atoms with van der Waals surface area (Å²) >= 11 is 1.16. The van der Waals surface area contributed by atoms with Crippen LogP contribution in [0.4, 0.5) is 5.69 Å². The SMILES string of the molecule is O=C(Nc1cccc(CN2CCCCC2=O)c1)C1CCCN1S(=O)(=O)c1cccs1. The number of sulfonamides is 1. The lowest BCUT2D eigenvalue weighted by atomic mass is 10.1. The van der Waals surface area contributed by atoms with Crippen molar-refractivity contribution >= 4 is 38.9 Å². The van der Waals surface area contributed by atoms with Crippen molar-refractivity contribution in [1.29, 1.82) is 0 Å². The number of carbonyl (C=O) groups excluding carboxylic acids is 2. The lowest BCUT2D eigenvalue weighted by Gasteiger charge is -2.27. The predicted octanol–water partition coefficient (Wildman–Crippen LogP) is 3.05. The molecule has 2 aliphatic rings. The Morgan fingerprint density at radius 3 is 2.77 bits per heavy atom. The van der Waals surface area contributed by atoms with Crippen molar-refractivity contribution in [2.75, 3.05) is 18.4 Å². The van der Waals surface area contributed by atoms with E-state index in [0.717, 1.165) is 36.3 Å². The fourth-order valence-electron chi connectivity index (χ4n) is 4.04. The molecule has 7 nitrogen and oxygen atoms in total. The van der Waals surface area contributed by atoms with E-state index in [2.05, 4.69) is 5.32 Å². The van der Waals surface area contributed by atoms with Crippen molar-refractivity contribution in [3.8, 4) is 0 Å². The zero-order chi connectivity index (χ0) is 21.1. The highest BCUT2D eigenvalue weighted by molar-refractivity contribution is 7.91.